The molecule has 1 rings (SSSR count). The lowest BCUT2D eigenvalue weighted by atomic mass is 10.1. The topological polar surface area (TPSA) is 29.5 Å². The van der Waals surface area contributed by atoms with E-state index in [1.54, 1.807) is 31.4 Å². The van der Waals surface area contributed by atoms with Gasteiger partial charge in [0.2, 0.25) is 0 Å². The van der Waals surface area contributed by atoms with Crippen molar-refractivity contribution in [3.63, 3.8) is 0 Å². The zero-order valence-corrected chi connectivity index (χ0v) is 7.27. The predicted octanol–water partition coefficient (Wildman–Crippen LogP) is 2.21. The number of ether oxygens (including phenoxy) is 1. The molecule has 0 saturated heterocycles. The van der Waals surface area contributed by atoms with E-state index in [1.807, 2.05) is 0 Å². The molecule has 0 aliphatic carbocycles. The molecule has 1 N–H and O–H groups in total. The third-order valence-electron chi connectivity index (χ3n) is 1.71. The Hall–Kier alpha value is -1.35. The third kappa shape index (κ3) is 2.56. The fourth-order valence-corrected chi connectivity index (χ4v) is 0.981. The quantitative estimate of drug-likeness (QED) is 0.776. The molecule has 0 aliphatic rings. The average molecular weight is 182 g/mol. The van der Waals surface area contributed by atoms with Crippen molar-refractivity contribution in [3.8, 4) is 5.75 Å². The minimum atomic E-state index is -0.893. The average Bonchev–Trinajstić information content (AvgIpc) is 2.18. The van der Waals surface area contributed by atoms with Gasteiger partial charge in [-0.05, 0) is 23.8 Å². The lowest BCUT2D eigenvalue weighted by Crippen LogP contribution is -1.92. The Kier molecular flexibility index (Phi) is 3.46. The second kappa shape index (κ2) is 4.62. The molecule has 0 fully saturated rings. The zero-order chi connectivity index (χ0) is 9.68. The number of aliphatic hydroxyl groups is 1. The molecular formula is C10H11FO2. The normalized spacial score (nSPS) is 13.2. The van der Waals surface area contributed by atoms with Gasteiger partial charge in [0.15, 0.2) is 0 Å². The Bertz CT molecular complexity index is 279. The number of aliphatic hydroxyl groups excluding tert-OH is 1. The third-order valence-corrected chi connectivity index (χ3v) is 1.71. The lowest BCUT2D eigenvalue weighted by Gasteiger charge is -2.05. The molecule has 0 amide bonds. The number of hydrogen-bond donors (Lipinski definition) is 1. The lowest BCUT2D eigenvalue weighted by molar-refractivity contribution is 0.227. The van der Waals surface area contributed by atoms with Crippen LogP contribution in [0.5, 0.6) is 5.75 Å². The van der Waals surface area contributed by atoms with Gasteiger partial charge in [-0.3, -0.25) is 0 Å². The van der Waals surface area contributed by atoms with E-state index >= 15 is 0 Å². The summed E-state index contributed by atoms with van der Waals surface area (Å²) in [7, 11) is 1.56. The Balaban J connectivity index is 2.79. The Morgan fingerprint density at radius 3 is 2.46 bits per heavy atom. The van der Waals surface area contributed by atoms with Crippen LogP contribution in [0.4, 0.5) is 4.39 Å². The van der Waals surface area contributed by atoms with E-state index in [0.29, 0.717) is 17.6 Å². The summed E-state index contributed by atoms with van der Waals surface area (Å²) in [4.78, 5) is 0. The second-order valence-corrected chi connectivity index (χ2v) is 2.54. The van der Waals surface area contributed by atoms with Crippen molar-refractivity contribution < 1.29 is 14.2 Å². The summed E-state index contributed by atoms with van der Waals surface area (Å²) < 4.78 is 16.6. The highest BCUT2D eigenvalue weighted by Gasteiger charge is 2.02. The Morgan fingerprint density at radius 2 is 2.00 bits per heavy atom. The Morgan fingerprint density at radius 1 is 1.38 bits per heavy atom. The van der Waals surface area contributed by atoms with Gasteiger partial charge in [-0.25, -0.2) is 4.39 Å². The van der Waals surface area contributed by atoms with Crippen LogP contribution in [0.1, 0.15) is 11.7 Å². The van der Waals surface area contributed by atoms with Crippen molar-refractivity contribution in [1.29, 1.82) is 0 Å². The predicted molar refractivity (Wildman–Crippen MR) is 48.2 cm³/mol. The van der Waals surface area contributed by atoms with Crippen molar-refractivity contribution in [2.75, 3.05) is 7.11 Å². The van der Waals surface area contributed by atoms with E-state index in [9.17, 15) is 9.50 Å². The summed E-state index contributed by atoms with van der Waals surface area (Å²) >= 11 is 0. The SMILES string of the molecule is COc1ccc(C(O)C=CF)cc1. The van der Waals surface area contributed by atoms with Gasteiger partial charge in [0, 0.05) is 0 Å². The van der Waals surface area contributed by atoms with Crippen molar-refractivity contribution in [1.82, 2.24) is 0 Å². The standard InChI is InChI=1S/C10H11FO2/c1-13-9-4-2-8(3-5-9)10(12)6-7-11/h2-7,10,12H,1H3. The largest absolute Gasteiger partial charge is 0.497 e. The minimum absolute atomic E-state index is 0.328. The number of methoxy groups -OCH3 is 1. The highest BCUT2D eigenvalue weighted by molar-refractivity contribution is 5.29. The van der Waals surface area contributed by atoms with Crippen LogP contribution in [0.15, 0.2) is 36.7 Å². The van der Waals surface area contributed by atoms with Crippen LogP contribution in [0.3, 0.4) is 0 Å². The first kappa shape index (κ1) is 9.74. The molecule has 70 valence electrons. The van der Waals surface area contributed by atoms with Crippen LogP contribution in [0.25, 0.3) is 0 Å². The van der Waals surface area contributed by atoms with Crippen LogP contribution in [-0.2, 0) is 0 Å². The van der Waals surface area contributed by atoms with Gasteiger partial charge in [0.05, 0.1) is 19.5 Å². The van der Waals surface area contributed by atoms with Crippen LogP contribution < -0.4 is 4.74 Å². The van der Waals surface area contributed by atoms with Crippen LogP contribution in [0, 0.1) is 0 Å². The molecule has 0 spiro atoms. The molecule has 0 radical (unpaired) electrons. The molecular weight excluding hydrogens is 171 g/mol. The molecule has 0 saturated carbocycles. The van der Waals surface area contributed by atoms with E-state index in [1.165, 1.54) is 0 Å². The maximum atomic E-state index is 11.7. The summed E-state index contributed by atoms with van der Waals surface area (Å²) in [5, 5.41) is 9.32. The van der Waals surface area contributed by atoms with Crippen molar-refractivity contribution in [2.45, 2.75) is 6.10 Å². The molecule has 0 heterocycles. The molecule has 0 aliphatic heterocycles. The van der Waals surface area contributed by atoms with E-state index < -0.39 is 6.10 Å². The van der Waals surface area contributed by atoms with Crippen molar-refractivity contribution in [2.24, 2.45) is 0 Å². The highest BCUT2D eigenvalue weighted by Crippen LogP contribution is 2.18. The summed E-state index contributed by atoms with van der Waals surface area (Å²) in [5.74, 6) is 0.708. The van der Waals surface area contributed by atoms with Gasteiger partial charge in [-0.15, -0.1) is 0 Å². The number of benzene rings is 1. The fourth-order valence-electron chi connectivity index (χ4n) is 0.981. The monoisotopic (exact) mass is 182 g/mol. The number of rotatable bonds is 3. The van der Waals surface area contributed by atoms with Crippen LogP contribution >= 0.6 is 0 Å². The van der Waals surface area contributed by atoms with E-state index in [-0.39, 0.29) is 0 Å². The van der Waals surface area contributed by atoms with Gasteiger partial charge in [-0.2, -0.15) is 0 Å². The van der Waals surface area contributed by atoms with Gasteiger partial charge in [0.25, 0.3) is 0 Å². The summed E-state index contributed by atoms with van der Waals surface area (Å²) in [6, 6.07) is 6.79. The molecule has 0 bridgehead atoms. The van der Waals surface area contributed by atoms with Gasteiger partial charge in [-0.1, -0.05) is 12.1 Å². The first-order valence-corrected chi connectivity index (χ1v) is 3.87. The minimum Gasteiger partial charge on any atom is -0.497 e. The zero-order valence-electron chi connectivity index (χ0n) is 7.27. The van der Waals surface area contributed by atoms with Crippen molar-refractivity contribution in [3.05, 3.63) is 42.2 Å². The molecule has 1 unspecified atom stereocenters. The second-order valence-electron chi connectivity index (χ2n) is 2.54. The Labute approximate surface area is 76.3 Å². The van der Waals surface area contributed by atoms with Crippen LogP contribution in [0.2, 0.25) is 0 Å². The molecule has 1 aromatic carbocycles. The van der Waals surface area contributed by atoms with E-state index in [4.69, 9.17) is 4.74 Å². The van der Waals surface area contributed by atoms with Gasteiger partial charge < -0.3 is 9.84 Å². The first-order valence-electron chi connectivity index (χ1n) is 3.87. The smallest absolute Gasteiger partial charge is 0.118 e. The van der Waals surface area contributed by atoms with Crippen LogP contribution in [-0.4, -0.2) is 12.2 Å². The maximum Gasteiger partial charge on any atom is 0.118 e. The summed E-state index contributed by atoms with van der Waals surface area (Å²) in [6.45, 7) is 0. The molecule has 0 aromatic heterocycles. The van der Waals surface area contributed by atoms with Gasteiger partial charge in [0.1, 0.15) is 5.75 Å². The molecule has 13 heavy (non-hydrogen) atoms. The molecule has 3 heteroatoms. The first-order chi connectivity index (χ1) is 6.27. The fraction of sp³-hybridized carbons (Fsp3) is 0.200. The number of hydrogen-bond acceptors (Lipinski definition) is 2. The van der Waals surface area contributed by atoms with Gasteiger partial charge >= 0.3 is 0 Å². The molecule has 2 nitrogen and oxygen atoms in total. The van der Waals surface area contributed by atoms with E-state index in [2.05, 4.69) is 0 Å². The molecule has 1 atom stereocenters. The summed E-state index contributed by atoms with van der Waals surface area (Å²) in [5.41, 5.74) is 0.634. The summed E-state index contributed by atoms with van der Waals surface area (Å²) in [6.07, 6.45) is 0.507. The highest BCUT2D eigenvalue weighted by atomic mass is 19.1. The molecule has 1 aromatic rings. The van der Waals surface area contributed by atoms with E-state index in [0.717, 1.165) is 6.08 Å². The maximum absolute atomic E-state index is 11.7. The van der Waals surface area contributed by atoms with Crippen molar-refractivity contribution >= 4 is 0 Å². The number of halogens is 1.